The third kappa shape index (κ3) is 3.02. The number of hydrogen-bond donors (Lipinski definition) is 1. The number of amides is 1. The summed E-state index contributed by atoms with van der Waals surface area (Å²) in [5.41, 5.74) is 3.84. The van der Waals surface area contributed by atoms with Crippen molar-refractivity contribution in [3.63, 3.8) is 0 Å². The fourth-order valence-corrected chi connectivity index (χ4v) is 2.76. The Hall–Kier alpha value is -3.40. The Labute approximate surface area is 145 Å². The van der Waals surface area contributed by atoms with Crippen LogP contribution in [-0.4, -0.2) is 10.9 Å². The summed E-state index contributed by atoms with van der Waals surface area (Å²) in [5, 5.41) is 3.97. The standard InChI is InChI=1S/C21H16N2O2/c1-14-18(6-4-12-22-14)21(24)23-17-10-8-15(9-11-17)20-13-16-5-2-3-7-19(16)25-20/h2-13H,1H3,(H,23,24). The van der Waals surface area contributed by atoms with Crippen molar-refractivity contribution in [2.45, 2.75) is 6.92 Å². The molecule has 1 amide bonds. The molecule has 0 aliphatic carbocycles. The SMILES string of the molecule is Cc1ncccc1C(=O)Nc1ccc(-c2cc3ccccc3o2)cc1. The number of nitrogens with zero attached hydrogens (tertiary/aromatic N) is 1. The maximum Gasteiger partial charge on any atom is 0.257 e. The van der Waals surface area contributed by atoms with Crippen molar-refractivity contribution < 1.29 is 9.21 Å². The molecule has 122 valence electrons. The second-order valence-corrected chi connectivity index (χ2v) is 5.82. The third-order valence-electron chi connectivity index (χ3n) is 4.10. The van der Waals surface area contributed by atoms with Crippen molar-refractivity contribution in [3.8, 4) is 11.3 Å². The number of furan rings is 1. The van der Waals surface area contributed by atoms with E-state index in [1.165, 1.54) is 0 Å². The van der Waals surface area contributed by atoms with E-state index in [2.05, 4.69) is 10.3 Å². The summed E-state index contributed by atoms with van der Waals surface area (Å²) in [4.78, 5) is 16.5. The van der Waals surface area contributed by atoms with Gasteiger partial charge in [-0.05, 0) is 55.5 Å². The molecule has 2 aromatic carbocycles. The molecule has 0 spiro atoms. The first kappa shape index (κ1) is 15.1. The van der Waals surface area contributed by atoms with Gasteiger partial charge in [-0.1, -0.05) is 18.2 Å². The van der Waals surface area contributed by atoms with Crippen molar-refractivity contribution in [1.29, 1.82) is 0 Å². The van der Waals surface area contributed by atoms with Gasteiger partial charge in [-0.2, -0.15) is 0 Å². The predicted molar refractivity (Wildman–Crippen MR) is 98.6 cm³/mol. The molecule has 0 aliphatic heterocycles. The van der Waals surface area contributed by atoms with Gasteiger partial charge in [-0.15, -0.1) is 0 Å². The normalized spacial score (nSPS) is 10.8. The maximum atomic E-state index is 12.3. The summed E-state index contributed by atoms with van der Waals surface area (Å²) in [6.07, 6.45) is 1.67. The zero-order chi connectivity index (χ0) is 17.2. The Balaban J connectivity index is 1.56. The van der Waals surface area contributed by atoms with Crippen LogP contribution in [0.1, 0.15) is 16.1 Å². The fourth-order valence-electron chi connectivity index (χ4n) is 2.76. The second-order valence-electron chi connectivity index (χ2n) is 5.82. The van der Waals surface area contributed by atoms with Crippen molar-refractivity contribution in [2.75, 3.05) is 5.32 Å². The average Bonchev–Trinajstić information content (AvgIpc) is 3.07. The first-order chi connectivity index (χ1) is 12.2. The highest BCUT2D eigenvalue weighted by atomic mass is 16.3. The molecule has 0 saturated carbocycles. The zero-order valence-corrected chi connectivity index (χ0v) is 13.7. The maximum absolute atomic E-state index is 12.3. The van der Waals surface area contributed by atoms with Gasteiger partial charge in [-0.25, -0.2) is 0 Å². The number of hydrogen-bond acceptors (Lipinski definition) is 3. The van der Waals surface area contributed by atoms with Crippen molar-refractivity contribution in [3.05, 3.63) is 84.2 Å². The van der Waals surface area contributed by atoms with Gasteiger partial charge in [0, 0.05) is 28.5 Å². The smallest absolute Gasteiger partial charge is 0.257 e. The van der Waals surface area contributed by atoms with Crippen LogP contribution in [0.4, 0.5) is 5.69 Å². The van der Waals surface area contributed by atoms with Gasteiger partial charge in [0.05, 0.1) is 5.56 Å². The van der Waals surface area contributed by atoms with E-state index in [4.69, 9.17) is 4.42 Å². The summed E-state index contributed by atoms with van der Waals surface area (Å²) in [7, 11) is 0. The van der Waals surface area contributed by atoms with E-state index in [-0.39, 0.29) is 5.91 Å². The average molecular weight is 328 g/mol. The van der Waals surface area contributed by atoms with Crippen LogP contribution in [-0.2, 0) is 0 Å². The molecule has 0 aliphatic rings. The molecule has 2 aromatic heterocycles. The number of pyridine rings is 1. The quantitative estimate of drug-likeness (QED) is 0.572. The summed E-state index contributed by atoms with van der Waals surface area (Å²) in [6, 6.07) is 21.0. The van der Waals surface area contributed by atoms with E-state index in [0.29, 0.717) is 11.3 Å². The van der Waals surface area contributed by atoms with Crippen LogP contribution in [0.5, 0.6) is 0 Å². The highest BCUT2D eigenvalue weighted by molar-refractivity contribution is 6.05. The molecule has 2 heterocycles. The summed E-state index contributed by atoms with van der Waals surface area (Å²) in [6.45, 7) is 1.82. The molecule has 0 atom stereocenters. The van der Waals surface area contributed by atoms with Gasteiger partial charge in [-0.3, -0.25) is 9.78 Å². The molecule has 4 rings (SSSR count). The second kappa shape index (κ2) is 6.24. The van der Waals surface area contributed by atoms with Crippen LogP contribution in [0.25, 0.3) is 22.3 Å². The minimum atomic E-state index is -0.165. The number of rotatable bonds is 3. The van der Waals surface area contributed by atoms with E-state index in [1.807, 2.05) is 61.5 Å². The van der Waals surface area contributed by atoms with Crippen LogP contribution in [0.15, 0.2) is 77.3 Å². The Kier molecular flexibility index (Phi) is 3.78. The summed E-state index contributed by atoms with van der Waals surface area (Å²) in [5.74, 6) is 0.643. The number of aromatic nitrogens is 1. The predicted octanol–water partition coefficient (Wildman–Crippen LogP) is 5.06. The lowest BCUT2D eigenvalue weighted by atomic mass is 10.1. The molecule has 4 heteroatoms. The first-order valence-electron chi connectivity index (χ1n) is 8.03. The van der Waals surface area contributed by atoms with Gasteiger partial charge >= 0.3 is 0 Å². The molecule has 0 radical (unpaired) electrons. The third-order valence-corrected chi connectivity index (χ3v) is 4.10. The van der Waals surface area contributed by atoms with Gasteiger partial charge < -0.3 is 9.73 Å². The number of nitrogens with one attached hydrogen (secondary N) is 1. The first-order valence-corrected chi connectivity index (χ1v) is 8.03. The largest absolute Gasteiger partial charge is 0.456 e. The number of benzene rings is 2. The Bertz CT molecular complexity index is 1020. The van der Waals surface area contributed by atoms with E-state index >= 15 is 0 Å². The number of carbonyl (C=O) groups is 1. The fraction of sp³-hybridized carbons (Fsp3) is 0.0476. The topological polar surface area (TPSA) is 55.1 Å². The van der Waals surface area contributed by atoms with Crippen LogP contribution in [0.2, 0.25) is 0 Å². The molecule has 4 aromatic rings. The Morgan fingerprint density at radius 2 is 1.80 bits per heavy atom. The van der Waals surface area contributed by atoms with Crippen molar-refractivity contribution in [1.82, 2.24) is 4.98 Å². The molecule has 4 nitrogen and oxygen atoms in total. The van der Waals surface area contributed by atoms with Crippen molar-refractivity contribution in [2.24, 2.45) is 0 Å². The number of aryl methyl sites for hydroxylation is 1. The molecule has 0 fully saturated rings. The van der Waals surface area contributed by atoms with Crippen molar-refractivity contribution >= 4 is 22.6 Å². The minimum Gasteiger partial charge on any atom is -0.456 e. The van der Waals surface area contributed by atoms with E-state index < -0.39 is 0 Å². The zero-order valence-electron chi connectivity index (χ0n) is 13.7. The lowest BCUT2D eigenvalue weighted by Crippen LogP contribution is -2.13. The Morgan fingerprint density at radius 1 is 1.00 bits per heavy atom. The molecule has 25 heavy (non-hydrogen) atoms. The Morgan fingerprint density at radius 3 is 2.56 bits per heavy atom. The number of anilines is 1. The monoisotopic (exact) mass is 328 g/mol. The lowest BCUT2D eigenvalue weighted by Gasteiger charge is -2.07. The van der Waals surface area contributed by atoms with Gasteiger partial charge in [0.1, 0.15) is 11.3 Å². The van der Waals surface area contributed by atoms with Crippen LogP contribution in [0.3, 0.4) is 0 Å². The minimum absolute atomic E-state index is 0.165. The molecular weight excluding hydrogens is 312 g/mol. The molecule has 1 N–H and O–H groups in total. The van der Waals surface area contributed by atoms with Gasteiger partial charge in [0.25, 0.3) is 5.91 Å². The van der Waals surface area contributed by atoms with E-state index in [9.17, 15) is 4.79 Å². The molecular formula is C21H16N2O2. The summed E-state index contributed by atoms with van der Waals surface area (Å²) >= 11 is 0. The van der Waals surface area contributed by atoms with Crippen LogP contribution >= 0.6 is 0 Å². The summed E-state index contributed by atoms with van der Waals surface area (Å²) < 4.78 is 5.86. The lowest BCUT2D eigenvalue weighted by molar-refractivity contribution is 0.102. The molecule has 0 unspecified atom stereocenters. The molecule has 0 bridgehead atoms. The van der Waals surface area contributed by atoms with E-state index in [0.717, 1.165) is 28.0 Å². The van der Waals surface area contributed by atoms with E-state index in [1.54, 1.807) is 18.3 Å². The number of fused-ring (bicyclic) bond motifs is 1. The van der Waals surface area contributed by atoms with Crippen LogP contribution < -0.4 is 5.32 Å². The van der Waals surface area contributed by atoms with Crippen LogP contribution in [0, 0.1) is 6.92 Å². The number of carbonyl (C=O) groups excluding carboxylic acids is 1. The highest BCUT2D eigenvalue weighted by Gasteiger charge is 2.10. The molecule has 0 saturated heterocycles. The number of para-hydroxylation sites is 1. The van der Waals surface area contributed by atoms with Gasteiger partial charge in [0.15, 0.2) is 0 Å². The van der Waals surface area contributed by atoms with Gasteiger partial charge in [0.2, 0.25) is 0 Å². The highest BCUT2D eigenvalue weighted by Crippen LogP contribution is 2.28.